The second kappa shape index (κ2) is 5.45. The monoisotopic (exact) mass is 303 g/mol. The molecule has 2 heterocycles. The number of rotatable bonds is 3. The SMILES string of the molecule is CC(Cl)c1nc2cccnc2n1C(C)c1cccc(F)c1. The van der Waals surface area contributed by atoms with Gasteiger partial charge < -0.3 is 4.57 Å². The van der Waals surface area contributed by atoms with Crippen molar-refractivity contribution in [3.05, 3.63) is 59.8 Å². The molecule has 0 N–H and O–H groups in total. The highest BCUT2D eigenvalue weighted by atomic mass is 35.5. The van der Waals surface area contributed by atoms with Crippen LogP contribution in [0.25, 0.3) is 11.2 Å². The first kappa shape index (κ1) is 14.0. The normalized spacial score (nSPS) is 14.3. The van der Waals surface area contributed by atoms with Crippen LogP contribution in [0.1, 0.15) is 36.7 Å². The summed E-state index contributed by atoms with van der Waals surface area (Å²) in [5.41, 5.74) is 2.42. The Hall–Kier alpha value is -1.94. The second-order valence-corrected chi connectivity index (χ2v) is 5.69. The van der Waals surface area contributed by atoms with Crippen LogP contribution in [0.2, 0.25) is 0 Å². The molecule has 0 spiro atoms. The highest BCUT2D eigenvalue weighted by Crippen LogP contribution is 2.30. The maximum Gasteiger partial charge on any atom is 0.160 e. The van der Waals surface area contributed by atoms with Gasteiger partial charge in [0.05, 0.1) is 11.4 Å². The van der Waals surface area contributed by atoms with E-state index in [0.717, 1.165) is 22.6 Å². The zero-order chi connectivity index (χ0) is 15.0. The van der Waals surface area contributed by atoms with Gasteiger partial charge in [0.1, 0.15) is 17.2 Å². The number of pyridine rings is 1. The zero-order valence-corrected chi connectivity index (χ0v) is 12.5. The molecule has 0 aliphatic carbocycles. The van der Waals surface area contributed by atoms with E-state index < -0.39 is 0 Å². The molecule has 1 aromatic carbocycles. The third-order valence-corrected chi connectivity index (χ3v) is 3.75. The number of aromatic nitrogens is 3. The third-order valence-electron chi connectivity index (χ3n) is 3.55. The number of halogens is 2. The highest BCUT2D eigenvalue weighted by Gasteiger charge is 2.21. The molecule has 3 rings (SSSR count). The smallest absolute Gasteiger partial charge is 0.160 e. The fraction of sp³-hybridized carbons (Fsp3) is 0.250. The molecule has 2 unspecified atom stereocenters. The van der Waals surface area contributed by atoms with Gasteiger partial charge in [-0.2, -0.15) is 0 Å². The molecule has 3 aromatic rings. The molecule has 0 aliphatic rings. The predicted molar refractivity (Wildman–Crippen MR) is 82.0 cm³/mol. The Kier molecular flexibility index (Phi) is 3.64. The van der Waals surface area contributed by atoms with Crippen molar-refractivity contribution >= 4 is 22.8 Å². The van der Waals surface area contributed by atoms with Crippen molar-refractivity contribution in [2.45, 2.75) is 25.3 Å². The first-order valence-electron chi connectivity index (χ1n) is 6.80. The van der Waals surface area contributed by atoms with Crippen molar-refractivity contribution < 1.29 is 4.39 Å². The van der Waals surface area contributed by atoms with E-state index in [2.05, 4.69) is 9.97 Å². The lowest BCUT2D eigenvalue weighted by atomic mass is 10.1. The summed E-state index contributed by atoms with van der Waals surface area (Å²) >= 11 is 6.26. The van der Waals surface area contributed by atoms with E-state index in [0.29, 0.717) is 0 Å². The number of nitrogens with zero attached hydrogens (tertiary/aromatic N) is 3. The largest absolute Gasteiger partial charge is 0.304 e. The Morgan fingerprint density at radius 3 is 2.71 bits per heavy atom. The predicted octanol–water partition coefficient (Wildman–Crippen LogP) is 4.48. The van der Waals surface area contributed by atoms with Crippen molar-refractivity contribution in [2.75, 3.05) is 0 Å². The van der Waals surface area contributed by atoms with E-state index in [1.807, 2.05) is 36.6 Å². The minimum absolute atomic E-state index is 0.100. The average molecular weight is 304 g/mol. The van der Waals surface area contributed by atoms with Crippen molar-refractivity contribution in [3.8, 4) is 0 Å². The molecule has 0 bridgehead atoms. The average Bonchev–Trinajstić information content (AvgIpc) is 2.86. The van der Waals surface area contributed by atoms with Crippen molar-refractivity contribution in [1.82, 2.24) is 14.5 Å². The molecule has 0 amide bonds. The first-order chi connectivity index (χ1) is 10.1. The number of alkyl halides is 1. The Bertz CT molecular complexity index is 782. The molecular formula is C16H15ClFN3. The molecule has 0 saturated heterocycles. The molecular weight excluding hydrogens is 289 g/mol. The third kappa shape index (κ3) is 2.51. The van der Waals surface area contributed by atoms with Gasteiger partial charge in [-0.05, 0) is 43.7 Å². The summed E-state index contributed by atoms with van der Waals surface area (Å²) in [5, 5.41) is -0.254. The van der Waals surface area contributed by atoms with Crippen molar-refractivity contribution in [3.63, 3.8) is 0 Å². The molecule has 0 radical (unpaired) electrons. The van der Waals surface area contributed by atoms with Gasteiger partial charge in [0.15, 0.2) is 5.65 Å². The topological polar surface area (TPSA) is 30.7 Å². The van der Waals surface area contributed by atoms with Gasteiger partial charge in [0, 0.05) is 6.20 Å². The molecule has 5 heteroatoms. The van der Waals surface area contributed by atoms with Crippen LogP contribution in [0.4, 0.5) is 4.39 Å². The minimum Gasteiger partial charge on any atom is -0.304 e. The zero-order valence-electron chi connectivity index (χ0n) is 11.8. The van der Waals surface area contributed by atoms with Crippen molar-refractivity contribution in [2.24, 2.45) is 0 Å². The van der Waals surface area contributed by atoms with Gasteiger partial charge in [0.2, 0.25) is 0 Å². The molecule has 108 valence electrons. The Balaban J connectivity index is 2.20. The Labute approximate surface area is 127 Å². The van der Waals surface area contributed by atoms with Crippen molar-refractivity contribution in [1.29, 1.82) is 0 Å². The summed E-state index contributed by atoms with van der Waals surface area (Å²) < 4.78 is 15.4. The van der Waals surface area contributed by atoms with Gasteiger partial charge in [-0.3, -0.25) is 0 Å². The summed E-state index contributed by atoms with van der Waals surface area (Å²) in [4.78, 5) is 8.96. The molecule has 21 heavy (non-hydrogen) atoms. The van der Waals surface area contributed by atoms with Gasteiger partial charge in [-0.1, -0.05) is 12.1 Å². The molecule has 2 aromatic heterocycles. The standard InChI is InChI=1S/C16H15ClFN3/c1-10(17)15-20-14-7-4-8-19-16(14)21(15)11(2)12-5-3-6-13(18)9-12/h3-11H,1-2H3. The van der Waals surface area contributed by atoms with E-state index in [1.165, 1.54) is 12.1 Å². The lowest BCUT2D eigenvalue weighted by Crippen LogP contribution is -2.12. The van der Waals surface area contributed by atoms with Crippen LogP contribution < -0.4 is 0 Å². The van der Waals surface area contributed by atoms with E-state index in [-0.39, 0.29) is 17.2 Å². The molecule has 0 saturated carbocycles. The van der Waals surface area contributed by atoms with Crippen LogP contribution in [0, 0.1) is 5.82 Å². The summed E-state index contributed by atoms with van der Waals surface area (Å²) in [6, 6.07) is 10.2. The lowest BCUT2D eigenvalue weighted by Gasteiger charge is -2.18. The number of hydrogen-bond acceptors (Lipinski definition) is 2. The van der Waals surface area contributed by atoms with E-state index in [1.54, 1.807) is 12.3 Å². The summed E-state index contributed by atoms with van der Waals surface area (Å²) in [7, 11) is 0. The Morgan fingerprint density at radius 1 is 1.19 bits per heavy atom. The Morgan fingerprint density at radius 2 is 2.00 bits per heavy atom. The molecule has 0 fully saturated rings. The van der Waals surface area contributed by atoms with Gasteiger partial charge in [-0.25, -0.2) is 14.4 Å². The minimum atomic E-state index is -0.254. The number of benzene rings is 1. The van der Waals surface area contributed by atoms with Crippen LogP contribution in [-0.2, 0) is 0 Å². The number of hydrogen-bond donors (Lipinski definition) is 0. The summed E-state index contributed by atoms with van der Waals surface area (Å²) in [5.74, 6) is 0.485. The maximum atomic E-state index is 13.5. The first-order valence-corrected chi connectivity index (χ1v) is 7.24. The van der Waals surface area contributed by atoms with Crippen LogP contribution in [0.15, 0.2) is 42.6 Å². The fourth-order valence-corrected chi connectivity index (χ4v) is 2.68. The highest BCUT2D eigenvalue weighted by molar-refractivity contribution is 6.20. The van der Waals surface area contributed by atoms with Crippen LogP contribution in [-0.4, -0.2) is 14.5 Å². The van der Waals surface area contributed by atoms with Crippen LogP contribution in [0.5, 0.6) is 0 Å². The second-order valence-electron chi connectivity index (χ2n) is 5.03. The van der Waals surface area contributed by atoms with E-state index in [9.17, 15) is 4.39 Å². The molecule has 2 atom stereocenters. The quantitative estimate of drug-likeness (QED) is 0.668. The maximum absolute atomic E-state index is 13.5. The summed E-state index contributed by atoms with van der Waals surface area (Å²) in [6.45, 7) is 3.87. The number of fused-ring (bicyclic) bond motifs is 1. The van der Waals surface area contributed by atoms with Crippen LogP contribution >= 0.6 is 11.6 Å². The summed E-state index contributed by atoms with van der Waals surface area (Å²) in [6.07, 6.45) is 1.72. The number of imidazole rings is 1. The van der Waals surface area contributed by atoms with Crippen LogP contribution in [0.3, 0.4) is 0 Å². The van der Waals surface area contributed by atoms with Gasteiger partial charge in [-0.15, -0.1) is 11.6 Å². The van der Waals surface area contributed by atoms with E-state index in [4.69, 9.17) is 11.6 Å². The van der Waals surface area contributed by atoms with E-state index >= 15 is 0 Å². The molecule has 3 nitrogen and oxygen atoms in total. The van der Waals surface area contributed by atoms with Gasteiger partial charge >= 0.3 is 0 Å². The molecule has 0 aliphatic heterocycles. The van der Waals surface area contributed by atoms with Gasteiger partial charge in [0.25, 0.3) is 0 Å². The fourth-order valence-electron chi connectivity index (χ4n) is 2.53. The lowest BCUT2D eigenvalue weighted by molar-refractivity contribution is 0.593.